The predicted octanol–water partition coefficient (Wildman–Crippen LogP) is 3.77. The minimum absolute atomic E-state index is 0.0645. The minimum Gasteiger partial charge on any atom is -0.398 e. The molecule has 18 heavy (non-hydrogen) atoms. The van der Waals surface area contributed by atoms with Crippen molar-refractivity contribution >= 4 is 23.1 Å². The molecular formula is C15H14ClNO. The maximum absolute atomic E-state index is 12.4. The number of hydrogen-bond acceptors (Lipinski definition) is 2. The number of aryl methyl sites for hydroxylation is 2. The van der Waals surface area contributed by atoms with Crippen LogP contribution in [0.25, 0.3) is 0 Å². The molecule has 0 aliphatic carbocycles. The zero-order valence-corrected chi connectivity index (χ0v) is 11.1. The Morgan fingerprint density at radius 1 is 1.06 bits per heavy atom. The molecule has 0 spiro atoms. The van der Waals surface area contributed by atoms with Crippen molar-refractivity contribution in [3.63, 3.8) is 0 Å². The fourth-order valence-corrected chi connectivity index (χ4v) is 2.05. The third-order valence-corrected chi connectivity index (χ3v) is 3.13. The molecule has 2 N–H and O–H groups in total. The molecule has 0 bridgehead atoms. The number of carbonyl (C=O) groups is 1. The Bertz CT molecular complexity index is 620. The van der Waals surface area contributed by atoms with Crippen LogP contribution in [0, 0.1) is 13.8 Å². The van der Waals surface area contributed by atoms with Crippen LogP contribution in [0.2, 0.25) is 5.02 Å². The molecule has 2 rings (SSSR count). The molecule has 0 saturated heterocycles. The molecule has 92 valence electrons. The summed E-state index contributed by atoms with van der Waals surface area (Å²) in [6.07, 6.45) is 0. The van der Waals surface area contributed by atoms with Crippen LogP contribution in [0.4, 0.5) is 5.69 Å². The molecule has 0 aliphatic rings. The third kappa shape index (κ3) is 2.39. The van der Waals surface area contributed by atoms with Crippen molar-refractivity contribution < 1.29 is 4.79 Å². The maximum atomic E-state index is 12.4. The number of carbonyl (C=O) groups excluding carboxylic acids is 1. The van der Waals surface area contributed by atoms with Gasteiger partial charge in [-0.2, -0.15) is 0 Å². The maximum Gasteiger partial charge on any atom is 0.195 e. The van der Waals surface area contributed by atoms with Gasteiger partial charge in [-0.1, -0.05) is 29.3 Å². The third-order valence-electron chi connectivity index (χ3n) is 2.90. The average Bonchev–Trinajstić information content (AvgIpc) is 2.31. The van der Waals surface area contributed by atoms with Gasteiger partial charge >= 0.3 is 0 Å². The normalized spacial score (nSPS) is 10.4. The molecule has 3 heteroatoms. The highest BCUT2D eigenvalue weighted by Gasteiger charge is 2.14. The largest absolute Gasteiger partial charge is 0.398 e. The number of nitrogen functional groups attached to an aromatic ring is 1. The minimum atomic E-state index is -0.0645. The standard InChI is InChI=1S/C15H14ClNO/c1-9-3-4-10(2)13(7-9)15(18)12-6-5-11(16)8-14(12)17/h3-8H,17H2,1-2H3. The molecule has 0 saturated carbocycles. The summed E-state index contributed by atoms with van der Waals surface area (Å²) >= 11 is 5.83. The molecule has 0 aliphatic heterocycles. The summed E-state index contributed by atoms with van der Waals surface area (Å²) in [5, 5.41) is 0.532. The van der Waals surface area contributed by atoms with Crippen molar-refractivity contribution in [2.45, 2.75) is 13.8 Å². The van der Waals surface area contributed by atoms with Crippen LogP contribution < -0.4 is 5.73 Å². The van der Waals surface area contributed by atoms with Crippen LogP contribution in [0.15, 0.2) is 36.4 Å². The van der Waals surface area contributed by atoms with Gasteiger partial charge in [-0.3, -0.25) is 4.79 Å². The Morgan fingerprint density at radius 3 is 2.44 bits per heavy atom. The lowest BCUT2D eigenvalue weighted by atomic mass is 9.96. The highest BCUT2D eigenvalue weighted by Crippen LogP contribution is 2.23. The van der Waals surface area contributed by atoms with Gasteiger partial charge in [-0.25, -0.2) is 0 Å². The van der Waals surface area contributed by atoms with Crippen LogP contribution in [0.3, 0.4) is 0 Å². The molecular weight excluding hydrogens is 246 g/mol. The molecule has 2 aromatic carbocycles. The molecule has 2 nitrogen and oxygen atoms in total. The monoisotopic (exact) mass is 259 g/mol. The lowest BCUT2D eigenvalue weighted by Crippen LogP contribution is -2.07. The fraction of sp³-hybridized carbons (Fsp3) is 0.133. The van der Waals surface area contributed by atoms with E-state index in [0.29, 0.717) is 21.8 Å². The Morgan fingerprint density at radius 2 is 1.78 bits per heavy atom. The van der Waals surface area contributed by atoms with E-state index >= 15 is 0 Å². The SMILES string of the molecule is Cc1ccc(C)c(C(=O)c2ccc(Cl)cc2N)c1. The van der Waals surface area contributed by atoms with Gasteiger partial charge in [0.25, 0.3) is 0 Å². The number of nitrogens with two attached hydrogens (primary N) is 1. The summed E-state index contributed by atoms with van der Waals surface area (Å²) in [6.45, 7) is 3.88. The van der Waals surface area contributed by atoms with Crippen LogP contribution >= 0.6 is 11.6 Å². The van der Waals surface area contributed by atoms with E-state index < -0.39 is 0 Å². The van der Waals surface area contributed by atoms with Gasteiger partial charge in [0.05, 0.1) is 0 Å². The molecule has 2 aromatic rings. The van der Waals surface area contributed by atoms with Gasteiger partial charge in [0.2, 0.25) is 0 Å². The van der Waals surface area contributed by atoms with E-state index in [1.54, 1.807) is 18.2 Å². The first-order valence-electron chi connectivity index (χ1n) is 5.66. The zero-order chi connectivity index (χ0) is 13.3. The van der Waals surface area contributed by atoms with Gasteiger partial charge in [0, 0.05) is 21.8 Å². The summed E-state index contributed by atoms with van der Waals surface area (Å²) in [5.41, 5.74) is 9.43. The summed E-state index contributed by atoms with van der Waals surface area (Å²) in [6, 6.07) is 10.7. The summed E-state index contributed by atoms with van der Waals surface area (Å²) in [5.74, 6) is -0.0645. The van der Waals surface area contributed by atoms with E-state index in [-0.39, 0.29) is 5.78 Å². The molecule has 0 radical (unpaired) electrons. The molecule has 0 unspecified atom stereocenters. The van der Waals surface area contributed by atoms with E-state index in [4.69, 9.17) is 17.3 Å². The number of benzene rings is 2. The van der Waals surface area contributed by atoms with Crippen molar-refractivity contribution in [1.29, 1.82) is 0 Å². The van der Waals surface area contributed by atoms with Gasteiger partial charge in [0.1, 0.15) is 0 Å². The Labute approximate surface area is 111 Å². The topological polar surface area (TPSA) is 43.1 Å². The highest BCUT2D eigenvalue weighted by molar-refractivity contribution is 6.31. The van der Waals surface area contributed by atoms with E-state index in [0.717, 1.165) is 11.1 Å². The average molecular weight is 260 g/mol. The first-order valence-corrected chi connectivity index (χ1v) is 6.04. The lowest BCUT2D eigenvalue weighted by Gasteiger charge is -2.08. The number of halogens is 1. The molecule has 0 fully saturated rings. The molecule has 0 heterocycles. The van der Waals surface area contributed by atoms with Crippen molar-refractivity contribution in [2.75, 3.05) is 5.73 Å². The Balaban J connectivity index is 2.51. The Kier molecular flexibility index (Phi) is 3.39. The smallest absolute Gasteiger partial charge is 0.195 e. The number of ketones is 1. The predicted molar refractivity (Wildman–Crippen MR) is 75.2 cm³/mol. The van der Waals surface area contributed by atoms with Crippen molar-refractivity contribution in [3.05, 3.63) is 63.7 Å². The second-order valence-corrected chi connectivity index (χ2v) is 4.82. The van der Waals surface area contributed by atoms with Gasteiger partial charge in [-0.15, -0.1) is 0 Å². The van der Waals surface area contributed by atoms with Crippen molar-refractivity contribution in [3.8, 4) is 0 Å². The number of rotatable bonds is 2. The van der Waals surface area contributed by atoms with Gasteiger partial charge in [-0.05, 0) is 43.7 Å². The first-order chi connectivity index (χ1) is 8.49. The highest BCUT2D eigenvalue weighted by atomic mass is 35.5. The molecule has 0 amide bonds. The molecule has 0 atom stereocenters. The van der Waals surface area contributed by atoms with Gasteiger partial charge < -0.3 is 5.73 Å². The summed E-state index contributed by atoms with van der Waals surface area (Å²) in [7, 11) is 0. The van der Waals surface area contributed by atoms with Gasteiger partial charge in [0.15, 0.2) is 5.78 Å². The number of anilines is 1. The van der Waals surface area contributed by atoms with E-state index in [1.807, 2.05) is 32.0 Å². The second-order valence-electron chi connectivity index (χ2n) is 4.38. The van der Waals surface area contributed by atoms with E-state index in [2.05, 4.69) is 0 Å². The summed E-state index contributed by atoms with van der Waals surface area (Å²) in [4.78, 5) is 12.4. The van der Waals surface area contributed by atoms with Crippen molar-refractivity contribution in [2.24, 2.45) is 0 Å². The first kappa shape index (κ1) is 12.7. The fourth-order valence-electron chi connectivity index (χ4n) is 1.87. The van der Waals surface area contributed by atoms with Crippen molar-refractivity contribution in [1.82, 2.24) is 0 Å². The van der Waals surface area contributed by atoms with E-state index in [1.165, 1.54) is 0 Å². The summed E-state index contributed by atoms with van der Waals surface area (Å²) < 4.78 is 0. The van der Waals surface area contributed by atoms with Crippen LogP contribution in [0.5, 0.6) is 0 Å². The second kappa shape index (κ2) is 4.83. The lowest BCUT2D eigenvalue weighted by molar-refractivity contribution is 0.103. The van der Waals surface area contributed by atoms with Crippen LogP contribution in [-0.2, 0) is 0 Å². The van der Waals surface area contributed by atoms with Crippen LogP contribution in [-0.4, -0.2) is 5.78 Å². The quantitative estimate of drug-likeness (QED) is 0.659. The molecule has 0 aromatic heterocycles. The Hall–Kier alpha value is -1.80. The van der Waals surface area contributed by atoms with Crippen LogP contribution in [0.1, 0.15) is 27.0 Å². The number of hydrogen-bond donors (Lipinski definition) is 1. The zero-order valence-electron chi connectivity index (χ0n) is 10.3. The van der Waals surface area contributed by atoms with E-state index in [9.17, 15) is 4.79 Å².